The van der Waals surface area contributed by atoms with E-state index in [4.69, 9.17) is 0 Å². The van der Waals surface area contributed by atoms with E-state index < -0.39 is 0 Å². The lowest BCUT2D eigenvalue weighted by Crippen LogP contribution is -2.29. The van der Waals surface area contributed by atoms with E-state index in [9.17, 15) is 4.79 Å². The predicted octanol–water partition coefficient (Wildman–Crippen LogP) is 6.50. The van der Waals surface area contributed by atoms with Gasteiger partial charge in [-0.1, -0.05) is 74.5 Å². The molecule has 0 aliphatic carbocycles. The minimum Gasteiger partial charge on any atom is -0.345 e. The molecule has 28 heavy (non-hydrogen) atoms. The quantitative estimate of drug-likeness (QED) is 0.446. The van der Waals surface area contributed by atoms with Gasteiger partial charge in [0.05, 0.1) is 6.04 Å². The largest absolute Gasteiger partial charge is 0.345 e. The molecule has 0 aromatic heterocycles. The van der Waals surface area contributed by atoms with E-state index >= 15 is 0 Å². The molecule has 2 nitrogen and oxygen atoms in total. The van der Waals surface area contributed by atoms with Crippen molar-refractivity contribution in [1.29, 1.82) is 0 Å². The zero-order valence-corrected chi connectivity index (χ0v) is 17.3. The summed E-state index contributed by atoms with van der Waals surface area (Å²) in [6, 6.07) is 28.5. The first kappa shape index (κ1) is 20.2. The van der Waals surface area contributed by atoms with E-state index in [0.717, 1.165) is 17.7 Å². The molecule has 3 aromatic carbocycles. The third kappa shape index (κ3) is 6.00. The minimum atomic E-state index is -0.0169. The molecule has 0 bridgehead atoms. The lowest BCUT2D eigenvalue weighted by molar-refractivity contribution is 0.0932. The molecule has 0 aliphatic heterocycles. The minimum absolute atomic E-state index is 0.0169. The Hall–Kier alpha value is -2.52. The Kier molecular flexibility index (Phi) is 7.32. The van der Waals surface area contributed by atoms with Gasteiger partial charge in [0, 0.05) is 16.2 Å². The number of thioether (sulfide) groups is 1. The number of carbonyl (C=O) groups excluding carboxylic acids is 1. The summed E-state index contributed by atoms with van der Waals surface area (Å²) in [7, 11) is 0. The first-order chi connectivity index (χ1) is 13.6. The Morgan fingerprint density at radius 3 is 2.07 bits per heavy atom. The van der Waals surface area contributed by atoms with Crippen molar-refractivity contribution in [2.75, 3.05) is 0 Å². The van der Waals surface area contributed by atoms with Crippen LogP contribution in [-0.4, -0.2) is 5.91 Å². The highest BCUT2D eigenvalue weighted by atomic mass is 32.2. The number of carbonyl (C=O) groups is 1. The van der Waals surface area contributed by atoms with E-state index in [-0.39, 0.29) is 11.9 Å². The molecule has 0 spiro atoms. The number of hydrogen-bond acceptors (Lipinski definition) is 2. The van der Waals surface area contributed by atoms with Gasteiger partial charge in [0.1, 0.15) is 0 Å². The summed E-state index contributed by atoms with van der Waals surface area (Å²) in [5.41, 5.74) is 3.07. The van der Waals surface area contributed by atoms with Crippen LogP contribution in [0, 0.1) is 5.92 Å². The van der Waals surface area contributed by atoms with E-state index in [2.05, 4.69) is 55.6 Å². The van der Waals surface area contributed by atoms with Crippen LogP contribution in [-0.2, 0) is 5.75 Å². The SMILES string of the molecule is CC(C)C[C@@H](NC(=O)c1ccc(CSc2ccccc2)cc1)c1ccccc1. The summed E-state index contributed by atoms with van der Waals surface area (Å²) in [5, 5.41) is 3.21. The number of nitrogens with one attached hydrogen (secondary N) is 1. The molecule has 1 amide bonds. The Morgan fingerprint density at radius 1 is 0.857 bits per heavy atom. The average Bonchev–Trinajstić information content (AvgIpc) is 2.73. The van der Waals surface area contributed by atoms with Crippen LogP contribution in [0.1, 0.15) is 47.8 Å². The summed E-state index contributed by atoms with van der Waals surface area (Å²) >= 11 is 1.80. The Bertz CT molecular complexity index is 860. The van der Waals surface area contributed by atoms with Crippen molar-refractivity contribution in [1.82, 2.24) is 5.32 Å². The maximum atomic E-state index is 12.8. The van der Waals surface area contributed by atoms with Crippen LogP contribution in [0.2, 0.25) is 0 Å². The molecule has 3 rings (SSSR count). The summed E-state index contributed by atoms with van der Waals surface area (Å²) in [6.45, 7) is 4.36. The van der Waals surface area contributed by atoms with E-state index in [0.29, 0.717) is 11.5 Å². The molecule has 0 unspecified atom stereocenters. The van der Waals surface area contributed by atoms with Crippen LogP contribution >= 0.6 is 11.8 Å². The maximum absolute atomic E-state index is 12.8. The highest BCUT2D eigenvalue weighted by Crippen LogP contribution is 2.24. The van der Waals surface area contributed by atoms with Crippen molar-refractivity contribution >= 4 is 17.7 Å². The number of hydrogen-bond donors (Lipinski definition) is 1. The third-order valence-corrected chi connectivity index (χ3v) is 5.66. The summed E-state index contributed by atoms with van der Waals surface area (Å²) in [4.78, 5) is 14.0. The predicted molar refractivity (Wildman–Crippen MR) is 119 cm³/mol. The lowest BCUT2D eigenvalue weighted by atomic mass is 9.96. The molecule has 0 fully saturated rings. The Morgan fingerprint density at radius 2 is 1.46 bits per heavy atom. The molecular formula is C25H27NOS. The second-order valence-electron chi connectivity index (χ2n) is 7.36. The van der Waals surface area contributed by atoms with E-state index in [1.165, 1.54) is 10.5 Å². The van der Waals surface area contributed by atoms with Gasteiger partial charge in [-0.15, -0.1) is 11.8 Å². The van der Waals surface area contributed by atoms with Crippen LogP contribution < -0.4 is 5.32 Å². The lowest BCUT2D eigenvalue weighted by Gasteiger charge is -2.21. The molecule has 1 atom stereocenters. The van der Waals surface area contributed by atoms with Gasteiger partial charge >= 0.3 is 0 Å². The van der Waals surface area contributed by atoms with Crippen LogP contribution in [0.25, 0.3) is 0 Å². The van der Waals surface area contributed by atoms with E-state index in [1.54, 1.807) is 11.8 Å². The van der Waals surface area contributed by atoms with E-state index in [1.807, 2.05) is 48.5 Å². The number of rotatable bonds is 8. The Balaban J connectivity index is 1.62. The van der Waals surface area contributed by atoms with Crippen LogP contribution in [0.4, 0.5) is 0 Å². The third-order valence-electron chi connectivity index (χ3n) is 4.58. The molecule has 0 heterocycles. The van der Waals surface area contributed by atoms with Crippen molar-refractivity contribution < 1.29 is 4.79 Å². The van der Waals surface area contributed by atoms with Gasteiger partial charge in [-0.3, -0.25) is 4.79 Å². The molecule has 0 saturated carbocycles. The van der Waals surface area contributed by atoms with Crippen LogP contribution in [0.5, 0.6) is 0 Å². The fraction of sp³-hybridized carbons (Fsp3) is 0.240. The highest BCUT2D eigenvalue weighted by molar-refractivity contribution is 7.98. The van der Waals surface area contributed by atoms with Crippen molar-refractivity contribution in [2.45, 2.75) is 37.0 Å². The van der Waals surface area contributed by atoms with Gasteiger partial charge in [-0.2, -0.15) is 0 Å². The molecule has 0 radical (unpaired) electrons. The van der Waals surface area contributed by atoms with Crippen molar-refractivity contribution in [3.05, 3.63) is 102 Å². The van der Waals surface area contributed by atoms with Gasteiger partial charge in [-0.05, 0) is 47.7 Å². The molecule has 3 aromatic rings. The molecular weight excluding hydrogens is 362 g/mol. The number of amides is 1. The standard InChI is InChI=1S/C25H27NOS/c1-19(2)17-24(21-9-5-3-6-10-21)26-25(27)22-15-13-20(14-16-22)18-28-23-11-7-4-8-12-23/h3-16,19,24H,17-18H2,1-2H3,(H,26,27)/t24-/m1/s1. The second-order valence-corrected chi connectivity index (χ2v) is 8.41. The fourth-order valence-corrected chi connectivity index (χ4v) is 3.99. The average molecular weight is 390 g/mol. The van der Waals surface area contributed by atoms with Gasteiger partial charge in [0.2, 0.25) is 0 Å². The first-order valence-electron chi connectivity index (χ1n) is 9.74. The van der Waals surface area contributed by atoms with Gasteiger partial charge < -0.3 is 5.32 Å². The van der Waals surface area contributed by atoms with Crippen molar-refractivity contribution in [2.24, 2.45) is 5.92 Å². The van der Waals surface area contributed by atoms with Gasteiger partial charge in [0.15, 0.2) is 0 Å². The molecule has 3 heteroatoms. The monoisotopic (exact) mass is 389 g/mol. The zero-order valence-electron chi connectivity index (χ0n) is 16.5. The van der Waals surface area contributed by atoms with Gasteiger partial charge in [-0.25, -0.2) is 0 Å². The summed E-state index contributed by atoms with van der Waals surface area (Å²) in [5.74, 6) is 1.38. The summed E-state index contributed by atoms with van der Waals surface area (Å²) in [6.07, 6.45) is 0.918. The molecule has 0 saturated heterocycles. The normalized spacial score (nSPS) is 12.0. The Labute approximate surface area is 172 Å². The first-order valence-corrected chi connectivity index (χ1v) is 10.7. The molecule has 144 valence electrons. The second kappa shape index (κ2) is 10.1. The van der Waals surface area contributed by atoms with Crippen LogP contribution in [0.15, 0.2) is 89.8 Å². The number of benzene rings is 3. The summed E-state index contributed by atoms with van der Waals surface area (Å²) < 4.78 is 0. The van der Waals surface area contributed by atoms with Gasteiger partial charge in [0.25, 0.3) is 5.91 Å². The zero-order chi connectivity index (χ0) is 19.8. The smallest absolute Gasteiger partial charge is 0.251 e. The maximum Gasteiger partial charge on any atom is 0.251 e. The van der Waals surface area contributed by atoms with Crippen molar-refractivity contribution in [3.63, 3.8) is 0 Å². The molecule has 1 N–H and O–H groups in total. The van der Waals surface area contributed by atoms with Crippen molar-refractivity contribution in [3.8, 4) is 0 Å². The fourth-order valence-electron chi connectivity index (χ4n) is 3.11. The van der Waals surface area contributed by atoms with Crippen LogP contribution in [0.3, 0.4) is 0 Å². The highest BCUT2D eigenvalue weighted by Gasteiger charge is 2.17. The molecule has 0 aliphatic rings. The topological polar surface area (TPSA) is 29.1 Å².